The second-order valence-electron chi connectivity index (χ2n) is 4.47. The molecule has 2 heteroatoms. The molecule has 0 saturated carbocycles. The van der Waals surface area contributed by atoms with Gasteiger partial charge in [0, 0.05) is 25.2 Å². The summed E-state index contributed by atoms with van der Waals surface area (Å²) in [5, 5.41) is 0. The molecule has 1 aliphatic rings. The molecule has 0 aromatic heterocycles. The van der Waals surface area contributed by atoms with E-state index in [0.717, 1.165) is 19.5 Å². The van der Waals surface area contributed by atoms with E-state index in [-0.39, 0.29) is 0 Å². The highest BCUT2D eigenvalue weighted by atomic mass is 15.2. The molecule has 1 aromatic carbocycles. The molecular weight excluding hydrogens is 184 g/mol. The SMILES string of the molecule is CCC(Cc1ccccc1)N1CC(N)C1. The maximum atomic E-state index is 5.81. The predicted molar refractivity (Wildman–Crippen MR) is 63.8 cm³/mol. The lowest BCUT2D eigenvalue weighted by Crippen LogP contribution is -2.59. The second kappa shape index (κ2) is 4.77. The van der Waals surface area contributed by atoms with Gasteiger partial charge in [0.2, 0.25) is 0 Å². The minimum Gasteiger partial charge on any atom is -0.325 e. The molecule has 1 aromatic rings. The van der Waals surface area contributed by atoms with Gasteiger partial charge in [0.05, 0.1) is 0 Å². The van der Waals surface area contributed by atoms with Crippen LogP contribution in [-0.4, -0.2) is 30.1 Å². The van der Waals surface area contributed by atoms with E-state index >= 15 is 0 Å². The monoisotopic (exact) mass is 204 g/mol. The lowest BCUT2D eigenvalue weighted by molar-refractivity contribution is 0.0911. The van der Waals surface area contributed by atoms with Gasteiger partial charge < -0.3 is 5.73 Å². The first kappa shape index (κ1) is 10.7. The van der Waals surface area contributed by atoms with E-state index in [4.69, 9.17) is 5.73 Å². The Labute approximate surface area is 92.1 Å². The quantitative estimate of drug-likeness (QED) is 0.808. The molecule has 2 rings (SSSR count). The maximum absolute atomic E-state index is 5.81. The van der Waals surface area contributed by atoms with Crippen LogP contribution < -0.4 is 5.73 Å². The van der Waals surface area contributed by atoms with Gasteiger partial charge in [0.15, 0.2) is 0 Å². The molecule has 0 amide bonds. The van der Waals surface area contributed by atoms with Gasteiger partial charge in [-0.05, 0) is 18.4 Å². The average Bonchev–Trinajstić information content (AvgIpc) is 2.23. The molecule has 1 heterocycles. The van der Waals surface area contributed by atoms with E-state index in [0.29, 0.717) is 12.1 Å². The maximum Gasteiger partial charge on any atom is 0.0297 e. The van der Waals surface area contributed by atoms with Gasteiger partial charge in [-0.1, -0.05) is 37.3 Å². The molecule has 1 aliphatic heterocycles. The number of rotatable bonds is 4. The third-order valence-electron chi connectivity index (χ3n) is 3.24. The molecule has 2 nitrogen and oxygen atoms in total. The van der Waals surface area contributed by atoms with Crippen molar-refractivity contribution in [3.63, 3.8) is 0 Å². The zero-order valence-electron chi connectivity index (χ0n) is 9.39. The minimum atomic E-state index is 0.412. The highest BCUT2D eigenvalue weighted by Gasteiger charge is 2.28. The molecular formula is C13H20N2. The van der Waals surface area contributed by atoms with Crippen molar-refractivity contribution < 1.29 is 0 Å². The third-order valence-corrected chi connectivity index (χ3v) is 3.24. The molecule has 0 radical (unpaired) electrons. The Hall–Kier alpha value is -0.860. The van der Waals surface area contributed by atoms with Crippen LogP contribution in [0.5, 0.6) is 0 Å². The number of likely N-dealkylation sites (tertiary alicyclic amines) is 1. The Morgan fingerprint density at radius 1 is 1.33 bits per heavy atom. The van der Waals surface area contributed by atoms with Gasteiger partial charge in [0.1, 0.15) is 0 Å². The summed E-state index contributed by atoms with van der Waals surface area (Å²) in [5.41, 5.74) is 7.25. The fourth-order valence-corrected chi connectivity index (χ4v) is 2.26. The summed E-state index contributed by atoms with van der Waals surface area (Å²) in [7, 11) is 0. The Kier molecular flexibility index (Phi) is 3.39. The Morgan fingerprint density at radius 3 is 2.53 bits per heavy atom. The van der Waals surface area contributed by atoms with Gasteiger partial charge in [-0.3, -0.25) is 4.90 Å². The molecule has 1 atom stereocenters. The standard InChI is InChI=1S/C13H20N2/c1-2-13(15-9-12(14)10-15)8-11-6-4-3-5-7-11/h3-7,12-13H,2,8-10,14H2,1H3. The lowest BCUT2D eigenvalue weighted by Gasteiger charge is -2.42. The van der Waals surface area contributed by atoms with Crippen LogP contribution >= 0.6 is 0 Å². The van der Waals surface area contributed by atoms with Gasteiger partial charge in [-0.25, -0.2) is 0 Å². The van der Waals surface area contributed by atoms with Crippen LogP contribution in [0.4, 0.5) is 0 Å². The van der Waals surface area contributed by atoms with E-state index in [1.165, 1.54) is 12.0 Å². The van der Waals surface area contributed by atoms with Crippen LogP contribution in [0.2, 0.25) is 0 Å². The highest BCUT2D eigenvalue weighted by Crippen LogP contribution is 2.17. The Bertz CT molecular complexity index is 291. The average molecular weight is 204 g/mol. The van der Waals surface area contributed by atoms with E-state index in [1.54, 1.807) is 0 Å². The second-order valence-corrected chi connectivity index (χ2v) is 4.47. The van der Waals surface area contributed by atoms with Crippen LogP contribution in [-0.2, 0) is 6.42 Å². The Morgan fingerprint density at radius 2 is 2.00 bits per heavy atom. The summed E-state index contributed by atoms with van der Waals surface area (Å²) in [6.07, 6.45) is 2.37. The summed E-state index contributed by atoms with van der Waals surface area (Å²) in [6.45, 7) is 4.41. The minimum absolute atomic E-state index is 0.412. The van der Waals surface area contributed by atoms with E-state index in [1.807, 2.05) is 0 Å². The van der Waals surface area contributed by atoms with E-state index in [9.17, 15) is 0 Å². The zero-order valence-corrected chi connectivity index (χ0v) is 9.39. The van der Waals surface area contributed by atoms with Gasteiger partial charge in [0.25, 0.3) is 0 Å². The van der Waals surface area contributed by atoms with E-state index in [2.05, 4.69) is 42.2 Å². The molecule has 0 spiro atoms. The molecule has 0 bridgehead atoms. The summed E-state index contributed by atoms with van der Waals surface area (Å²) >= 11 is 0. The van der Waals surface area contributed by atoms with Crippen molar-refractivity contribution in [1.82, 2.24) is 4.90 Å². The van der Waals surface area contributed by atoms with Crippen LogP contribution in [0.1, 0.15) is 18.9 Å². The number of benzene rings is 1. The number of nitrogens with zero attached hydrogens (tertiary/aromatic N) is 1. The summed E-state index contributed by atoms with van der Waals surface area (Å²) in [6, 6.07) is 11.8. The van der Waals surface area contributed by atoms with Crippen LogP contribution in [0.3, 0.4) is 0 Å². The first-order valence-electron chi connectivity index (χ1n) is 5.83. The number of hydrogen-bond donors (Lipinski definition) is 1. The lowest BCUT2D eigenvalue weighted by atomic mass is 9.98. The third kappa shape index (κ3) is 2.58. The Balaban J connectivity index is 1.91. The smallest absolute Gasteiger partial charge is 0.0297 e. The molecule has 2 N–H and O–H groups in total. The summed E-state index contributed by atoms with van der Waals surface area (Å²) in [5.74, 6) is 0. The van der Waals surface area contributed by atoms with Crippen molar-refractivity contribution in [1.29, 1.82) is 0 Å². The van der Waals surface area contributed by atoms with Crippen molar-refractivity contribution in [2.24, 2.45) is 5.73 Å². The molecule has 1 fully saturated rings. The van der Waals surface area contributed by atoms with Crippen molar-refractivity contribution >= 4 is 0 Å². The predicted octanol–water partition coefficient (Wildman–Crippen LogP) is 1.65. The molecule has 82 valence electrons. The summed E-state index contributed by atoms with van der Waals surface area (Å²) in [4.78, 5) is 2.50. The largest absolute Gasteiger partial charge is 0.325 e. The van der Waals surface area contributed by atoms with Crippen molar-refractivity contribution in [3.05, 3.63) is 35.9 Å². The molecule has 1 saturated heterocycles. The molecule has 0 aliphatic carbocycles. The van der Waals surface area contributed by atoms with Crippen molar-refractivity contribution in [3.8, 4) is 0 Å². The van der Waals surface area contributed by atoms with Crippen molar-refractivity contribution in [2.45, 2.75) is 31.8 Å². The zero-order chi connectivity index (χ0) is 10.7. The van der Waals surface area contributed by atoms with E-state index < -0.39 is 0 Å². The normalized spacial score (nSPS) is 19.9. The number of hydrogen-bond acceptors (Lipinski definition) is 2. The topological polar surface area (TPSA) is 29.3 Å². The fourth-order valence-electron chi connectivity index (χ4n) is 2.26. The van der Waals surface area contributed by atoms with Crippen LogP contribution in [0.25, 0.3) is 0 Å². The number of nitrogens with two attached hydrogens (primary N) is 1. The fraction of sp³-hybridized carbons (Fsp3) is 0.538. The van der Waals surface area contributed by atoms with Crippen LogP contribution in [0.15, 0.2) is 30.3 Å². The molecule has 1 unspecified atom stereocenters. The van der Waals surface area contributed by atoms with Gasteiger partial charge in [-0.15, -0.1) is 0 Å². The van der Waals surface area contributed by atoms with Crippen LogP contribution in [0, 0.1) is 0 Å². The first-order valence-corrected chi connectivity index (χ1v) is 5.83. The first-order chi connectivity index (χ1) is 7.29. The molecule has 15 heavy (non-hydrogen) atoms. The van der Waals surface area contributed by atoms with Gasteiger partial charge >= 0.3 is 0 Å². The highest BCUT2D eigenvalue weighted by molar-refractivity contribution is 5.16. The van der Waals surface area contributed by atoms with Gasteiger partial charge in [-0.2, -0.15) is 0 Å². The summed E-state index contributed by atoms with van der Waals surface area (Å²) < 4.78 is 0. The van der Waals surface area contributed by atoms with Crippen molar-refractivity contribution in [2.75, 3.05) is 13.1 Å².